The van der Waals surface area contributed by atoms with Crippen molar-refractivity contribution >= 4 is 5.78 Å². The van der Waals surface area contributed by atoms with Crippen molar-refractivity contribution in [2.45, 2.75) is 70.6 Å². The Morgan fingerprint density at radius 2 is 2.18 bits per heavy atom. The number of rotatable bonds is 2. The topological polar surface area (TPSA) is 29.5 Å². The van der Waals surface area contributed by atoms with E-state index < -0.39 is 0 Å². The number of carbonyl (C=O) groups excluding carboxylic acids is 1. The smallest absolute Gasteiger partial charge is 0.149 e. The van der Waals surface area contributed by atoms with Gasteiger partial charge in [0.15, 0.2) is 0 Å². The maximum Gasteiger partial charge on any atom is 0.149 e. The molecule has 1 saturated heterocycles. The molecule has 1 aliphatic heterocycles. The van der Waals surface area contributed by atoms with E-state index in [1.807, 2.05) is 0 Å². The Balaban J connectivity index is 2.07. The van der Waals surface area contributed by atoms with Crippen molar-refractivity contribution in [1.82, 2.24) is 4.90 Å². The molecule has 1 heterocycles. The predicted molar refractivity (Wildman–Crippen MR) is 68.1 cm³/mol. The molecule has 98 valence electrons. The van der Waals surface area contributed by atoms with Crippen molar-refractivity contribution < 1.29 is 9.53 Å². The van der Waals surface area contributed by atoms with Gasteiger partial charge in [-0.2, -0.15) is 0 Å². The number of ketones is 1. The van der Waals surface area contributed by atoms with Gasteiger partial charge in [0.05, 0.1) is 18.8 Å². The summed E-state index contributed by atoms with van der Waals surface area (Å²) >= 11 is 0. The average Bonchev–Trinajstić information content (AvgIpc) is 2.54. The van der Waals surface area contributed by atoms with Crippen LogP contribution in [0.25, 0.3) is 0 Å². The summed E-state index contributed by atoms with van der Waals surface area (Å²) < 4.78 is 5.72. The van der Waals surface area contributed by atoms with Gasteiger partial charge in [0.1, 0.15) is 5.78 Å². The van der Waals surface area contributed by atoms with Gasteiger partial charge in [0.2, 0.25) is 0 Å². The summed E-state index contributed by atoms with van der Waals surface area (Å²) in [7, 11) is 0. The van der Waals surface area contributed by atoms with E-state index in [1.165, 1.54) is 12.8 Å². The first-order chi connectivity index (χ1) is 8.22. The Labute approximate surface area is 105 Å². The minimum atomic E-state index is 0.175. The van der Waals surface area contributed by atoms with E-state index in [1.54, 1.807) is 0 Å². The number of carbonyl (C=O) groups is 1. The third kappa shape index (κ3) is 3.08. The van der Waals surface area contributed by atoms with Crippen molar-refractivity contribution in [3.63, 3.8) is 0 Å². The van der Waals surface area contributed by atoms with Gasteiger partial charge in [-0.05, 0) is 26.2 Å². The number of ether oxygens (including phenoxy) is 1. The summed E-state index contributed by atoms with van der Waals surface area (Å²) in [5.74, 6) is 0.468. The van der Waals surface area contributed by atoms with E-state index in [4.69, 9.17) is 4.74 Å². The lowest BCUT2D eigenvalue weighted by Gasteiger charge is -2.42. The molecule has 1 aliphatic carbocycles. The molecule has 2 fully saturated rings. The number of hydrogen-bond donors (Lipinski definition) is 0. The lowest BCUT2D eigenvalue weighted by atomic mass is 10.0. The molecule has 3 nitrogen and oxygen atoms in total. The molecule has 17 heavy (non-hydrogen) atoms. The molecule has 2 aliphatic rings. The van der Waals surface area contributed by atoms with Crippen LogP contribution >= 0.6 is 0 Å². The van der Waals surface area contributed by atoms with Crippen molar-refractivity contribution in [1.29, 1.82) is 0 Å². The van der Waals surface area contributed by atoms with E-state index >= 15 is 0 Å². The monoisotopic (exact) mass is 239 g/mol. The highest BCUT2D eigenvalue weighted by atomic mass is 16.5. The number of morpholine rings is 1. The molecule has 3 atom stereocenters. The molecule has 0 aromatic heterocycles. The third-order valence-electron chi connectivity index (χ3n) is 4.15. The summed E-state index contributed by atoms with van der Waals surface area (Å²) in [5.41, 5.74) is 0. The molecule has 2 rings (SSSR count). The Kier molecular flexibility index (Phi) is 4.57. The lowest BCUT2D eigenvalue weighted by Crippen LogP contribution is -2.55. The second-order valence-electron chi connectivity index (χ2n) is 5.48. The predicted octanol–water partition coefficient (Wildman–Crippen LogP) is 2.39. The van der Waals surface area contributed by atoms with Crippen LogP contribution in [-0.4, -0.2) is 42.0 Å². The van der Waals surface area contributed by atoms with Gasteiger partial charge in [0.25, 0.3) is 0 Å². The summed E-state index contributed by atoms with van der Waals surface area (Å²) in [6.45, 7) is 6.02. The normalized spacial score (nSPS) is 36.8. The van der Waals surface area contributed by atoms with Crippen molar-refractivity contribution in [3.05, 3.63) is 0 Å². The van der Waals surface area contributed by atoms with Gasteiger partial charge in [-0.15, -0.1) is 0 Å². The van der Waals surface area contributed by atoms with Gasteiger partial charge in [-0.1, -0.05) is 19.8 Å². The van der Waals surface area contributed by atoms with Crippen LogP contribution in [0.4, 0.5) is 0 Å². The first-order valence-electron chi connectivity index (χ1n) is 7.12. The van der Waals surface area contributed by atoms with E-state index in [9.17, 15) is 4.79 Å². The summed E-state index contributed by atoms with van der Waals surface area (Å²) in [5, 5.41) is 0. The van der Waals surface area contributed by atoms with Gasteiger partial charge < -0.3 is 4.74 Å². The fourth-order valence-corrected chi connectivity index (χ4v) is 3.10. The zero-order chi connectivity index (χ0) is 12.3. The van der Waals surface area contributed by atoms with Gasteiger partial charge >= 0.3 is 0 Å². The molecule has 0 radical (unpaired) electrons. The first-order valence-corrected chi connectivity index (χ1v) is 7.12. The fraction of sp³-hybridized carbons (Fsp3) is 0.929. The second kappa shape index (κ2) is 5.96. The van der Waals surface area contributed by atoms with Crippen LogP contribution < -0.4 is 0 Å². The highest BCUT2D eigenvalue weighted by molar-refractivity contribution is 5.84. The molecule has 3 unspecified atom stereocenters. The van der Waals surface area contributed by atoms with Gasteiger partial charge in [0, 0.05) is 19.0 Å². The quantitative estimate of drug-likeness (QED) is 0.693. The van der Waals surface area contributed by atoms with E-state index in [0.29, 0.717) is 11.8 Å². The lowest BCUT2D eigenvalue weighted by molar-refractivity contribution is -0.131. The maximum absolute atomic E-state index is 12.2. The van der Waals surface area contributed by atoms with Crippen molar-refractivity contribution in [2.75, 3.05) is 13.2 Å². The average molecular weight is 239 g/mol. The minimum absolute atomic E-state index is 0.175. The number of nitrogens with zero attached hydrogens (tertiary/aromatic N) is 1. The number of hydrogen-bond acceptors (Lipinski definition) is 3. The second-order valence-corrected chi connectivity index (χ2v) is 5.48. The molecule has 0 aromatic rings. The fourth-order valence-electron chi connectivity index (χ4n) is 3.10. The highest BCUT2D eigenvalue weighted by Gasteiger charge is 2.34. The van der Waals surface area contributed by atoms with Crippen LogP contribution in [0.1, 0.15) is 52.4 Å². The Morgan fingerprint density at radius 1 is 1.35 bits per heavy atom. The Bertz CT molecular complexity index is 267. The van der Waals surface area contributed by atoms with Crippen molar-refractivity contribution in [2.24, 2.45) is 0 Å². The molecule has 0 aromatic carbocycles. The van der Waals surface area contributed by atoms with Crippen LogP contribution in [0.15, 0.2) is 0 Å². The van der Waals surface area contributed by atoms with Gasteiger partial charge in [-0.25, -0.2) is 0 Å². The minimum Gasteiger partial charge on any atom is -0.376 e. The highest BCUT2D eigenvalue weighted by Crippen LogP contribution is 2.25. The molecule has 3 heteroatoms. The molecule has 0 N–H and O–H groups in total. The van der Waals surface area contributed by atoms with Crippen LogP contribution in [0.5, 0.6) is 0 Å². The molecular weight excluding hydrogens is 214 g/mol. The Hall–Kier alpha value is -0.410. The van der Waals surface area contributed by atoms with Crippen LogP contribution in [-0.2, 0) is 9.53 Å². The van der Waals surface area contributed by atoms with Crippen LogP contribution in [0.3, 0.4) is 0 Å². The molecule has 0 bridgehead atoms. The molecule has 0 amide bonds. The largest absolute Gasteiger partial charge is 0.376 e. The SMILES string of the molecule is CCC1COC(C)CN1C1CCCCCC1=O. The van der Waals surface area contributed by atoms with E-state index in [0.717, 1.165) is 38.8 Å². The van der Waals surface area contributed by atoms with Crippen LogP contribution in [0.2, 0.25) is 0 Å². The third-order valence-corrected chi connectivity index (χ3v) is 4.15. The first kappa shape index (κ1) is 13.0. The zero-order valence-corrected chi connectivity index (χ0v) is 11.2. The molecule has 0 spiro atoms. The van der Waals surface area contributed by atoms with Gasteiger partial charge in [-0.3, -0.25) is 9.69 Å². The summed E-state index contributed by atoms with van der Waals surface area (Å²) in [4.78, 5) is 14.6. The Morgan fingerprint density at radius 3 is 2.94 bits per heavy atom. The van der Waals surface area contributed by atoms with Crippen LogP contribution in [0, 0.1) is 0 Å². The van der Waals surface area contributed by atoms with E-state index in [2.05, 4.69) is 18.7 Å². The van der Waals surface area contributed by atoms with E-state index in [-0.39, 0.29) is 12.1 Å². The molecular formula is C14H25NO2. The molecule has 1 saturated carbocycles. The zero-order valence-electron chi connectivity index (χ0n) is 11.2. The number of Topliss-reactive ketones (excluding diaryl/α,β-unsaturated/α-hetero) is 1. The standard InChI is InChI=1S/C14H25NO2/c1-3-12-10-17-11(2)9-15(12)13-7-5-4-6-8-14(13)16/h11-13H,3-10H2,1-2H3. The summed E-state index contributed by atoms with van der Waals surface area (Å²) in [6, 6.07) is 0.618. The summed E-state index contributed by atoms with van der Waals surface area (Å²) in [6.07, 6.45) is 6.71. The van der Waals surface area contributed by atoms with Crippen molar-refractivity contribution in [3.8, 4) is 0 Å². The maximum atomic E-state index is 12.2.